The number of carbonyl (C=O) groups is 4. The molecule has 6 heterocycles. The largest absolute Gasteiger partial charge is 0.496 e. The summed E-state index contributed by atoms with van der Waals surface area (Å²) in [5, 5.41) is 20.5. The first-order valence-electron chi connectivity index (χ1n) is 36.7. The average Bonchev–Trinajstić information content (AvgIpc) is 0.754. The van der Waals surface area contributed by atoms with Gasteiger partial charge in [-0.15, -0.1) is 0 Å². The third-order valence-electron chi connectivity index (χ3n) is 20.1. The van der Waals surface area contributed by atoms with E-state index in [9.17, 15) is 24.3 Å². The second-order valence-electron chi connectivity index (χ2n) is 26.8. The molecule has 0 fully saturated rings. The van der Waals surface area contributed by atoms with Crippen molar-refractivity contribution in [3.63, 3.8) is 0 Å². The van der Waals surface area contributed by atoms with Crippen LogP contribution in [0.3, 0.4) is 0 Å². The number of methoxy groups -OCH3 is 9. The minimum atomic E-state index is -1.23. The van der Waals surface area contributed by atoms with Crippen molar-refractivity contribution in [3.05, 3.63) is 179 Å². The fourth-order valence-corrected chi connectivity index (χ4v) is 52.0. The number of aliphatic hydroxyl groups excluding tert-OH is 1. The van der Waals surface area contributed by atoms with Crippen LogP contribution in [0.2, 0.25) is 0 Å². The lowest BCUT2D eigenvalue weighted by molar-refractivity contribution is -0.0787. The number of rotatable bonds is 14. The number of nitrogens with zero attached hydrogens (tertiary/aromatic N) is 6. The van der Waals surface area contributed by atoms with E-state index in [1.54, 1.807) is 178 Å². The number of fused-ring (bicyclic) bond motifs is 6. The fraction of sp³-hybridized carbons (Fsp3) is 0.293. The maximum atomic E-state index is 12.5. The van der Waals surface area contributed by atoms with Crippen molar-refractivity contribution in [2.24, 2.45) is 0 Å². The molecule has 12 rings (SSSR count). The molecule has 0 spiro atoms. The molecule has 1 unspecified atom stereocenters. The smallest absolute Gasteiger partial charge is 0.356 e. The Labute approximate surface area is 829 Å². The summed E-state index contributed by atoms with van der Waals surface area (Å²) in [6.07, 6.45) is -0.516. The molecule has 0 aliphatic heterocycles. The zero-order valence-electron chi connectivity index (χ0n) is 72.6. The molecule has 20 nitrogen and oxygen atoms in total. The van der Waals surface area contributed by atoms with Crippen LogP contribution in [0.5, 0.6) is 28.7 Å². The first-order chi connectivity index (χ1) is 61.3. The van der Waals surface area contributed by atoms with Crippen LogP contribution >= 0.6 is 0 Å². The first kappa shape index (κ1) is 110. The van der Waals surface area contributed by atoms with Crippen LogP contribution in [-0.2, 0) is 264 Å². The quantitative estimate of drug-likeness (QED) is 0.0460. The molecule has 6 aromatic heterocycles. The maximum Gasteiger partial charge on any atom is 0.356 e. The maximum absolute atomic E-state index is 12.5. The van der Waals surface area contributed by atoms with Crippen molar-refractivity contribution in [3.8, 4) is 62.9 Å². The van der Waals surface area contributed by atoms with Crippen LogP contribution < -0.4 is 23.7 Å². The summed E-state index contributed by atoms with van der Waals surface area (Å²) in [6, 6.07) is 23.1. The third kappa shape index (κ3) is 27.2. The van der Waals surface area contributed by atoms with Gasteiger partial charge in [-0.05, 0) is 240 Å². The number of aromatic nitrogens is 6. The molecule has 46 heteroatoms. The molecule has 0 amide bonds. The van der Waals surface area contributed by atoms with E-state index >= 15 is 0 Å². The van der Waals surface area contributed by atoms with Gasteiger partial charge in [0.1, 0.15) is 57.2 Å². The molecule has 6 aromatic carbocycles. The molecule has 0 radical (unpaired) electrons. The highest BCUT2D eigenvalue weighted by Crippen LogP contribution is 2.45. The Kier molecular flexibility index (Phi) is 46.3. The predicted molar refractivity (Wildman–Crippen MR) is 589 cm³/mol. The number of pyridine rings is 6. The van der Waals surface area contributed by atoms with Gasteiger partial charge < -0.3 is 47.7 Å². The van der Waals surface area contributed by atoms with Crippen LogP contribution in [0, 0.1) is 96.9 Å². The van der Waals surface area contributed by atoms with Gasteiger partial charge in [-0.25, -0.2) is 39.3 Å². The van der Waals surface area contributed by atoms with Crippen LogP contribution in [0.1, 0.15) is 132 Å². The summed E-state index contributed by atoms with van der Waals surface area (Å²) < 4.78 is 48.7. The molecule has 0 aliphatic carbocycles. The Morgan fingerprint density at radius 1 is 0.312 bits per heavy atom. The van der Waals surface area contributed by atoms with Gasteiger partial charge in [-0.1, -0.05) is 18.2 Å². The standard InChI is InChI=1S/C28H30N2O5.C27H26N2O5.C27H28N2O4.S10.S9.S7/c1-13-9-18-11-21(29-25(28(32)35-8)23(18)17(5)15(13)3)24-19-10-14(2)16(4)26(33-6)20(19)12-22(30-24)27(31)34-7;1-13-8-17-10-20(28-22(12-30)23(17)26(33-6)16(13)4)24-18-9-14(2)15(3)25(32-5)19(18)11-21(29-24)27(31)34-7;1-13-9-18-11-21(28-17(5)23(18)26(32-7)16(13)4)24-19-10-14(2)15(3)25(31-6)20(19)12-22(29-24)27(30)33-8;1-3-5-7-9-10-8-6-4-2;1-3-5-7-9-8-6-4-2;1-3-5-7-6-4-2/h9-12,28,32H,1-8H3;8-12H,1-7H3;9-12H,1-8H3;;;. The Morgan fingerprint density at radius 2 is 0.586 bits per heavy atom. The van der Waals surface area contributed by atoms with Crippen molar-refractivity contribution in [2.75, 3.05) is 64.0 Å². The highest BCUT2D eigenvalue weighted by molar-refractivity contribution is 8.73. The average molecular weight is 2210 g/mol. The number of esters is 3. The van der Waals surface area contributed by atoms with Crippen molar-refractivity contribution < 1.29 is 66.9 Å². The fourth-order valence-electron chi connectivity index (χ4n) is 13.6. The number of aliphatic hydroxyl groups is 1. The number of hydrogen-bond acceptors (Lipinski definition) is 26. The lowest BCUT2D eigenvalue weighted by Crippen LogP contribution is -2.09. The van der Waals surface area contributed by atoms with E-state index in [-0.39, 0.29) is 22.8 Å². The molecule has 682 valence electrons. The van der Waals surface area contributed by atoms with E-state index in [1.165, 1.54) is 81.7 Å². The predicted octanol–water partition coefficient (Wildman–Crippen LogP) is 16.5. The minimum Gasteiger partial charge on any atom is -0.496 e. The number of ether oxygens (including phenoxy) is 9. The van der Waals surface area contributed by atoms with E-state index in [2.05, 4.69) is 114 Å². The zero-order chi connectivity index (χ0) is 94.5. The van der Waals surface area contributed by atoms with Gasteiger partial charge in [-0.3, -0.25) is 9.78 Å². The number of carbonyl (C=O) groups excluding carboxylic acids is 4. The summed E-state index contributed by atoms with van der Waals surface area (Å²) in [7, 11) is 44.5. The van der Waals surface area contributed by atoms with Crippen LogP contribution in [-0.4, -0.2) is 123 Å². The van der Waals surface area contributed by atoms with E-state index in [4.69, 9.17) is 57.6 Å². The second kappa shape index (κ2) is 54.1. The number of aldehydes is 1. The zero-order valence-corrected chi connectivity index (χ0v) is 93.9. The molecule has 0 bridgehead atoms. The number of benzene rings is 6. The van der Waals surface area contributed by atoms with E-state index < -0.39 is 24.2 Å². The molecule has 1 N–H and O–H groups in total. The molecular weight excluding hydrogens is 2130 g/mol. The van der Waals surface area contributed by atoms with E-state index in [0.29, 0.717) is 79.9 Å². The SMILES string of the molecule is COC(=O)c1cc2c(OC)c(C)c(C)cc2c(-c2cc3cc(C)c(C)c(C)c3c(C(O)OC)n2)n1.COC(=O)c1cc2c(OC)c(C)c(C)cc2c(-c2cc3cc(C)c(C)c(OC)c3c(C)n2)n1.COC(=O)c1cc2c(OC)c(C)c(C)cc2c(-c2cc3cc(C)c(C)c(OC)c3c(C=O)n2)n1.S=S=S=S=S=S=S.S=S=S=S=S=S=S=S=S.S=S=S=S=S=S=S=S=S=S. The van der Waals surface area contributed by atoms with Crippen molar-refractivity contribution in [1.29, 1.82) is 0 Å². The van der Waals surface area contributed by atoms with Crippen molar-refractivity contribution in [1.82, 2.24) is 29.9 Å². The Hall–Kier alpha value is -5.50. The molecule has 0 saturated heterocycles. The lowest BCUT2D eigenvalue weighted by atomic mass is 9.93. The Bertz CT molecular complexity index is 7400. The molecule has 1 atom stereocenters. The lowest BCUT2D eigenvalue weighted by Gasteiger charge is -2.19. The Morgan fingerprint density at radius 3 is 0.898 bits per heavy atom. The summed E-state index contributed by atoms with van der Waals surface area (Å²) in [5.41, 5.74) is 18.6. The summed E-state index contributed by atoms with van der Waals surface area (Å²) in [4.78, 5) is 78.0. The van der Waals surface area contributed by atoms with Gasteiger partial charge in [0.05, 0.1) is 96.4 Å². The normalized spacial score (nSPS) is 10.5. The van der Waals surface area contributed by atoms with Gasteiger partial charge in [-0.2, -0.15) is 0 Å². The summed E-state index contributed by atoms with van der Waals surface area (Å²) >= 11 is 27.7. The minimum absolute atomic E-state index is 0.124. The molecule has 0 aliphatic rings. The summed E-state index contributed by atoms with van der Waals surface area (Å²) in [6.45, 7) is 28.1. The van der Waals surface area contributed by atoms with Crippen molar-refractivity contribution >= 4 is 334 Å². The molecule has 12 aromatic rings. The van der Waals surface area contributed by atoms with E-state index in [0.717, 1.165) is 138 Å². The van der Waals surface area contributed by atoms with Gasteiger partial charge in [0.2, 0.25) is 0 Å². The van der Waals surface area contributed by atoms with Gasteiger partial charge in [0, 0.05) is 301 Å². The molecule has 0 saturated carbocycles. The van der Waals surface area contributed by atoms with Crippen molar-refractivity contribution in [2.45, 2.75) is 103 Å². The molecular formula is C82H84N6O14S26. The topological polar surface area (TPSA) is 249 Å². The second-order valence-corrected chi connectivity index (χ2v) is 62.2. The van der Waals surface area contributed by atoms with Gasteiger partial charge in [0.25, 0.3) is 0 Å². The van der Waals surface area contributed by atoms with Gasteiger partial charge in [0.15, 0.2) is 12.6 Å². The van der Waals surface area contributed by atoms with Crippen LogP contribution in [0.25, 0.3) is 98.8 Å². The first-order valence-corrected chi connectivity index (χ1v) is 67.3. The molecule has 128 heavy (non-hydrogen) atoms. The third-order valence-corrected chi connectivity index (χ3v) is 57.9. The highest BCUT2D eigenvalue weighted by Gasteiger charge is 2.27. The van der Waals surface area contributed by atoms with Crippen LogP contribution in [0.4, 0.5) is 0 Å². The Balaban J connectivity index is 0.000000230. The summed E-state index contributed by atoms with van der Waals surface area (Å²) in [5.74, 6) is 1.82. The van der Waals surface area contributed by atoms with E-state index in [1.807, 2.05) is 119 Å². The number of hydrogen-bond donors (Lipinski definition) is 1. The number of aryl methyl sites for hydroxylation is 8. The highest BCUT2D eigenvalue weighted by atomic mass is 33.4. The van der Waals surface area contributed by atoms with Crippen LogP contribution in [0.15, 0.2) is 72.8 Å². The van der Waals surface area contributed by atoms with Gasteiger partial charge >= 0.3 is 17.9 Å². The monoisotopic (exact) mass is 2210 g/mol.